The summed E-state index contributed by atoms with van der Waals surface area (Å²) in [6.45, 7) is 3.93. The third kappa shape index (κ3) is 4.16. The van der Waals surface area contributed by atoms with Gasteiger partial charge in [-0.3, -0.25) is 0 Å². The quantitative estimate of drug-likeness (QED) is 0.742. The molecule has 3 aromatic carbocycles. The van der Waals surface area contributed by atoms with Crippen molar-refractivity contribution < 1.29 is 8.42 Å². The molecular weight excluding hydrogens is 330 g/mol. The Morgan fingerprint density at radius 2 is 1.36 bits per heavy atom. The summed E-state index contributed by atoms with van der Waals surface area (Å²) in [7, 11) is -3.64. The van der Waals surface area contributed by atoms with Crippen LogP contribution in [0.25, 0.3) is 0 Å². The van der Waals surface area contributed by atoms with Crippen LogP contribution in [-0.4, -0.2) is 8.42 Å². The molecule has 128 valence electrons. The molecular formula is C21H21NO2S. The molecule has 0 bridgehead atoms. The molecule has 25 heavy (non-hydrogen) atoms. The lowest BCUT2D eigenvalue weighted by molar-refractivity contribution is 0.572. The van der Waals surface area contributed by atoms with E-state index in [0.29, 0.717) is 0 Å². The summed E-state index contributed by atoms with van der Waals surface area (Å²) in [6.07, 6.45) is 0. The van der Waals surface area contributed by atoms with Gasteiger partial charge in [-0.15, -0.1) is 0 Å². The Balaban J connectivity index is 2.02. The first kappa shape index (κ1) is 17.4. The van der Waals surface area contributed by atoms with Gasteiger partial charge in [0.2, 0.25) is 10.0 Å². The molecule has 0 aliphatic rings. The summed E-state index contributed by atoms with van der Waals surface area (Å²) in [5, 5.41) is 0. The highest BCUT2D eigenvalue weighted by molar-refractivity contribution is 7.89. The number of nitrogens with one attached hydrogen (secondary N) is 1. The highest BCUT2D eigenvalue weighted by atomic mass is 32.2. The lowest BCUT2D eigenvalue weighted by Crippen LogP contribution is -2.29. The van der Waals surface area contributed by atoms with Crippen molar-refractivity contribution in [1.82, 2.24) is 4.72 Å². The molecule has 0 spiro atoms. The highest BCUT2D eigenvalue weighted by Gasteiger charge is 2.22. The molecule has 0 radical (unpaired) electrons. The van der Waals surface area contributed by atoms with Crippen LogP contribution in [0.5, 0.6) is 0 Å². The van der Waals surface area contributed by atoms with E-state index in [1.165, 1.54) is 0 Å². The van der Waals surface area contributed by atoms with Gasteiger partial charge in [0, 0.05) is 0 Å². The third-order valence-electron chi connectivity index (χ3n) is 4.11. The van der Waals surface area contributed by atoms with Gasteiger partial charge in [0.1, 0.15) is 0 Å². The van der Waals surface area contributed by atoms with E-state index in [2.05, 4.69) is 4.72 Å². The number of hydrogen-bond donors (Lipinski definition) is 1. The van der Waals surface area contributed by atoms with E-state index in [4.69, 9.17) is 0 Å². The van der Waals surface area contributed by atoms with Crippen LogP contribution in [0.15, 0.2) is 83.8 Å². The number of hydrogen-bond acceptors (Lipinski definition) is 2. The van der Waals surface area contributed by atoms with Crippen LogP contribution >= 0.6 is 0 Å². The maximum atomic E-state index is 12.9. The number of rotatable bonds is 5. The van der Waals surface area contributed by atoms with E-state index >= 15 is 0 Å². The van der Waals surface area contributed by atoms with Crippen LogP contribution in [0.3, 0.4) is 0 Å². The molecule has 0 saturated carbocycles. The van der Waals surface area contributed by atoms with Crippen molar-refractivity contribution in [3.05, 3.63) is 101 Å². The van der Waals surface area contributed by atoms with Gasteiger partial charge >= 0.3 is 0 Å². The predicted octanol–water partition coefficient (Wildman–Crippen LogP) is 4.37. The fraction of sp³-hybridized carbons (Fsp3) is 0.143. The fourth-order valence-electron chi connectivity index (χ4n) is 2.76. The molecule has 3 rings (SSSR count). The maximum absolute atomic E-state index is 12.9. The van der Waals surface area contributed by atoms with Gasteiger partial charge < -0.3 is 0 Å². The third-order valence-corrected chi connectivity index (χ3v) is 5.55. The Morgan fingerprint density at radius 1 is 0.720 bits per heavy atom. The second-order valence-electron chi connectivity index (χ2n) is 6.19. The average Bonchev–Trinajstić information content (AvgIpc) is 2.61. The minimum atomic E-state index is -3.64. The molecule has 0 aliphatic carbocycles. The van der Waals surface area contributed by atoms with Crippen LogP contribution in [-0.2, 0) is 10.0 Å². The van der Waals surface area contributed by atoms with E-state index in [1.54, 1.807) is 24.3 Å². The van der Waals surface area contributed by atoms with Crippen LogP contribution in [0, 0.1) is 13.8 Å². The zero-order valence-electron chi connectivity index (χ0n) is 14.3. The largest absolute Gasteiger partial charge is 0.241 e. The summed E-state index contributed by atoms with van der Waals surface area (Å²) < 4.78 is 28.6. The molecule has 0 aliphatic heterocycles. The lowest BCUT2D eigenvalue weighted by atomic mass is 9.98. The Morgan fingerprint density at radius 3 is 2.00 bits per heavy atom. The molecule has 0 heterocycles. The van der Waals surface area contributed by atoms with Crippen molar-refractivity contribution in [2.24, 2.45) is 0 Å². The molecule has 1 N–H and O–H groups in total. The van der Waals surface area contributed by atoms with E-state index < -0.39 is 16.1 Å². The molecule has 3 aromatic rings. The number of benzene rings is 3. The van der Waals surface area contributed by atoms with Gasteiger partial charge in [-0.2, -0.15) is 4.72 Å². The minimum Gasteiger partial charge on any atom is -0.207 e. The smallest absolute Gasteiger partial charge is 0.207 e. The second-order valence-corrected chi connectivity index (χ2v) is 7.91. The summed E-state index contributed by atoms with van der Waals surface area (Å²) in [6, 6.07) is 24.0. The van der Waals surface area contributed by atoms with E-state index in [-0.39, 0.29) is 4.90 Å². The van der Waals surface area contributed by atoms with E-state index in [0.717, 1.165) is 22.3 Å². The maximum Gasteiger partial charge on any atom is 0.241 e. The van der Waals surface area contributed by atoms with Gasteiger partial charge in [-0.1, -0.05) is 77.9 Å². The molecule has 0 amide bonds. The Hall–Kier alpha value is -2.43. The SMILES string of the molecule is Cc1ccc(S(=O)(=O)N[C@H](c2ccccc2)c2cccc(C)c2)cc1. The summed E-state index contributed by atoms with van der Waals surface area (Å²) >= 11 is 0. The Labute approximate surface area is 149 Å². The summed E-state index contributed by atoms with van der Waals surface area (Å²) in [5.74, 6) is 0. The van der Waals surface area contributed by atoms with Crippen LogP contribution in [0.4, 0.5) is 0 Å². The zero-order valence-corrected chi connectivity index (χ0v) is 15.1. The van der Waals surface area contributed by atoms with Gasteiger partial charge in [-0.05, 0) is 37.1 Å². The van der Waals surface area contributed by atoms with Gasteiger partial charge in [0.05, 0.1) is 10.9 Å². The number of aryl methyl sites for hydroxylation is 2. The molecule has 3 nitrogen and oxygen atoms in total. The zero-order chi connectivity index (χ0) is 17.9. The van der Waals surface area contributed by atoms with Crippen LogP contribution in [0.1, 0.15) is 28.3 Å². The Kier molecular flexibility index (Phi) is 5.02. The predicted molar refractivity (Wildman–Crippen MR) is 101 cm³/mol. The minimum absolute atomic E-state index is 0.270. The standard InChI is InChI=1S/C21H21NO2S/c1-16-11-13-20(14-12-16)25(23,24)22-21(18-8-4-3-5-9-18)19-10-6-7-17(2)15-19/h3-15,21-22H,1-2H3/t21-/m1/s1. The first-order valence-electron chi connectivity index (χ1n) is 8.16. The second kappa shape index (κ2) is 7.21. The normalized spacial score (nSPS) is 12.7. The van der Waals surface area contributed by atoms with Crippen molar-refractivity contribution in [3.8, 4) is 0 Å². The Bertz CT molecular complexity index is 949. The number of sulfonamides is 1. The molecule has 0 fully saturated rings. The highest BCUT2D eigenvalue weighted by Crippen LogP contribution is 2.25. The van der Waals surface area contributed by atoms with Gasteiger partial charge in [-0.25, -0.2) is 8.42 Å². The summed E-state index contributed by atoms with van der Waals surface area (Å²) in [5.41, 5.74) is 3.94. The van der Waals surface area contributed by atoms with Crippen molar-refractivity contribution >= 4 is 10.0 Å². The first-order valence-corrected chi connectivity index (χ1v) is 9.64. The van der Waals surface area contributed by atoms with Gasteiger partial charge in [0.15, 0.2) is 0 Å². The van der Waals surface area contributed by atoms with E-state index in [9.17, 15) is 8.42 Å². The molecule has 0 aromatic heterocycles. The van der Waals surface area contributed by atoms with Crippen molar-refractivity contribution in [1.29, 1.82) is 0 Å². The molecule has 0 unspecified atom stereocenters. The van der Waals surface area contributed by atoms with Crippen LogP contribution in [0.2, 0.25) is 0 Å². The van der Waals surface area contributed by atoms with Crippen molar-refractivity contribution in [2.45, 2.75) is 24.8 Å². The fourth-order valence-corrected chi connectivity index (χ4v) is 3.98. The average molecular weight is 351 g/mol. The van der Waals surface area contributed by atoms with Gasteiger partial charge in [0.25, 0.3) is 0 Å². The molecule has 0 saturated heterocycles. The van der Waals surface area contributed by atoms with Crippen molar-refractivity contribution in [2.75, 3.05) is 0 Å². The topological polar surface area (TPSA) is 46.2 Å². The molecule has 4 heteroatoms. The monoisotopic (exact) mass is 351 g/mol. The summed E-state index contributed by atoms with van der Waals surface area (Å²) in [4.78, 5) is 0.270. The lowest BCUT2D eigenvalue weighted by Gasteiger charge is -2.20. The van der Waals surface area contributed by atoms with Crippen molar-refractivity contribution in [3.63, 3.8) is 0 Å². The van der Waals surface area contributed by atoms with E-state index in [1.807, 2.05) is 68.4 Å². The van der Waals surface area contributed by atoms with Crippen LogP contribution < -0.4 is 4.72 Å². The molecule has 1 atom stereocenters. The first-order chi connectivity index (χ1) is 12.0.